The number of aromatic nitrogens is 5. The molecule has 1 N–H and O–H groups in total. The van der Waals surface area contributed by atoms with Gasteiger partial charge < -0.3 is 5.32 Å². The number of hydrogen-bond acceptors (Lipinski definition) is 7. The summed E-state index contributed by atoms with van der Waals surface area (Å²) >= 11 is 9.36. The minimum atomic E-state index is -0.171. The first kappa shape index (κ1) is 29.7. The lowest BCUT2D eigenvalue weighted by molar-refractivity contribution is 0.0948. The van der Waals surface area contributed by atoms with Crippen molar-refractivity contribution in [2.45, 2.75) is 30.2 Å². The molecular formula is C34H29ClN6OS2. The Balaban J connectivity index is 1.13. The van der Waals surface area contributed by atoms with E-state index in [2.05, 4.69) is 74.0 Å². The van der Waals surface area contributed by atoms with Crippen molar-refractivity contribution in [1.82, 2.24) is 30.0 Å². The van der Waals surface area contributed by atoms with Crippen LogP contribution in [0.4, 0.5) is 0 Å². The average Bonchev–Trinajstić information content (AvgIpc) is 3.72. The number of benzene rings is 3. The highest BCUT2D eigenvalue weighted by atomic mass is 35.5. The molecule has 3 heterocycles. The molecule has 0 atom stereocenters. The third-order valence-electron chi connectivity index (χ3n) is 7.22. The van der Waals surface area contributed by atoms with Gasteiger partial charge in [0.1, 0.15) is 10.7 Å². The summed E-state index contributed by atoms with van der Waals surface area (Å²) in [7, 11) is 0. The van der Waals surface area contributed by atoms with E-state index < -0.39 is 0 Å². The van der Waals surface area contributed by atoms with Crippen LogP contribution in [0, 0.1) is 6.92 Å². The van der Waals surface area contributed by atoms with Gasteiger partial charge in [0.25, 0.3) is 5.91 Å². The third-order valence-corrected chi connectivity index (χ3v) is 9.42. The number of nitrogens with zero attached hydrogens (tertiary/aromatic N) is 5. The van der Waals surface area contributed by atoms with Crippen LogP contribution in [-0.2, 0) is 5.75 Å². The molecule has 0 unspecified atom stereocenters. The van der Waals surface area contributed by atoms with E-state index in [0.717, 1.165) is 28.2 Å². The molecule has 0 saturated carbocycles. The third kappa shape index (κ3) is 6.91. The van der Waals surface area contributed by atoms with Crippen LogP contribution < -0.4 is 5.32 Å². The SMILES string of the molecule is Cc1ccc(Cl)cc1-n1c(SCc2nc(C(=O)NCCC(c3ccccc3)c3ccccc3)cs2)nnc1-c1ccncc1. The van der Waals surface area contributed by atoms with Crippen LogP contribution in [0.5, 0.6) is 0 Å². The van der Waals surface area contributed by atoms with Gasteiger partial charge in [0, 0.05) is 40.8 Å². The highest BCUT2D eigenvalue weighted by molar-refractivity contribution is 7.98. The molecule has 0 aliphatic carbocycles. The summed E-state index contributed by atoms with van der Waals surface area (Å²) in [6, 6.07) is 30.4. The standard InChI is InChI=1S/C34H29ClN6OS2/c1-23-12-13-27(35)20-30(23)41-32(26-14-17-36-18-15-26)39-40-34(41)44-22-31-38-29(21-43-31)33(42)37-19-16-28(24-8-4-2-5-9-24)25-10-6-3-7-11-25/h2-15,17-18,20-21,28H,16,19,22H2,1H3,(H,37,42). The van der Waals surface area contributed by atoms with E-state index in [4.69, 9.17) is 11.6 Å². The molecule has 10 heteroatoms. The number of thiazole rings is 1. The van der Waals surface area contributed by atoms with Crippen molar-refractivity contribution in [2.75, 3.05) is 6.54 Å². The number of thioether (sulfide) groups is 1. The number of pyridine rings is 1. The van der Waals surface area contributed by atoms with E-state index in [0.29, 0.717) is 34.0 Å². The Labute approximate surface area is 269 Å². The van der Waals surface area contributed by atoms with Crippen molar-refractivity contribution in [2.24, 2.45) is 0 Å². The molecule has 6 rings (SSSR count). The predicted molar refractivity (Wildman–Crippen MR) is 178 cm³/mol. The van der Waals surface area contributed by atoms with E-state index in [9.17, 15) is 4.79 Å². The molecule has 0 saturated heterocycles. The van der Waals surface area contributed by atoms with Gasteiger partial charge in [-0.05, 0) is 54.3 Å². The number of amides is 1. The van der Waals surface area contributed by atoms with Gasteiger partial charge >= 0.3 is 0 Å². The minimum Gasteiger partial charge on any atom is -0.351 e. The van der Waals surface area contributed by atoms with Crippen LogP contribution in [-0.4, -0.2) is 37.2 Å². The highest BCUT2D eigenvalue weighted by Crippen LogP contribution is 2.33. The van der Waals surface area contributed by atoms with E-state index >= 15 is 0 Å². The zero-order chi connectivity index (χ0) is 30.3. The molecule has 44 heavy (non-hydrogen) atoms. The van der Waals surface area contributed by atoms with Crippen LogP contribution in [0.2, 0.25) is 5.02 Å². The Morgan fingerprint density at radius 2 is 1.66 bits per heavy atom. The van der Waals surface area contributed by atoms with E-state index in [1.807, 2.05) is 59.3 Å². The molecule has 6 aromatic rings. The molecule has 0 radical (unpaired) electrons. The maximum Gasteiger partial charge on any atom is 0.270 e. The molecule has 0 aliphatic rings. The van der Waals surface area contributed by atoms with Crippen molar-refractivity contribution in [3.8, 4) is 17.1 Å². The number of aryl methyl sites for hydroxylation is 1. The monoisotopic (exact) mass is 636 g/mol. The lowest BCUT2D eigenvalue weighted by atomic mass is 9.88. The quantitative estimate of drug-likeness (QED) is 0.145. The van der Waals surface area contributed by atoms with E-state index in [1.165, 1.54) is 34.2 Å². The number of rotatable bonds is 11. The fourth-order valence-corrected chi connectivity index (χ4v) is 6.92. The van der Waals surface area contributed by atoms with Crippen LogP contribution in [0.25, 0.3) is 17.1 Å². The maximum absolute atomic E-state index is 13.0. The molecule has 3 aromatic heterocycles. The molecule has 0 aliphatic heterocycles. The van der Waals surface area contributed by atoms with Crippen LogP contribution in [0.3, 0.4) is 0 Å². The summed E-state index contributed by atoms with van der Waals surface area (Å²) in [4.78, 5) is 21.8. The molecule has 0 fully saturated rings. The van der Waals surface area contributed by atoms with Crippen LogP contribution in [0.15, 0.2) is 114 Å². The summed E-state index contributed by atoms with van der Waals surface area (Å²) in [5.41, 5.74) is 5.73. The van der Waals surface area contributed by atoms with Gasteiger partial charge in [0.2, 0.25) is 0 Å². The van der Waals surface area contributed by atoms with Gasteiger partial charge in [-0.2, -0.15) is 0 Å². The zero-order valence-corrected chi connectivity index (χ0v) is 26.3. The maximum atomic E-state index is 13.0. The second kappa shape index (κ2) is 14.0. The first-order chi connectivity index (χ1) is 21.6. The number of hydrogen-bond donors (Lipinski definition) is 1. The lowest BCUT2D eigenvalue weighted by Gasteiger charge is -2.18. The highest BCUT2D eigenvalue weighted by Gasteiger charge is 2.20. The lowest BCUT2D eigenvalue weighted by Crippen LogP contribution is -2.26. The topological polar surface area (TPSA) is 85.6 Å². The van der Waals surface area contributed by atoms with Crippen molar-refractivity contribution >= 4 is 40.6 Å². The molecular weight excluding hydrogens is 608 g/mol. The number of halogens is 1. The van der Waals surface area contributed by atoms with Gasteiger partial charge in [-0.1, -0.05) is 90.1 Å². The first-order valence-corrected chi connectivity index (χ1v) is 16.4. The smallest absolute Gasteiger partial charge is 0.270 e. The molecule has 220 valence electrons. The summed E-state index contributed by atoms with van der Waals surface area (Å²) < 4.78 is 2.01. The van der Waals surface area contributed by atoms with Crippen molar-refractivity contribution in [3.05, 3.63) is 141 Å². The second-order valence-corrected chi connectivity index (χ2v) is 12.5. The summed E-state index contributed by atoms with van der Waals surface area (Å²) in [5, 5.41) is 16.1. The van der Waals surface area contributed by atoms with Crippen LogP contribution in [0.1, 0.15) is 44.5 Å². The number of carbonyl (C=O) groups excluding carboxylic acids is 1. The van der Waals surface area contributed by atoms with Gasteiger partial charge in [-0.15, -0.1) is 21.5 Å². The summed E-state index contributed by atoms with van der Waals surface area (Å²) in [5.74, 6) is 1.26. The Morgan fingerprint density at radius 3 is 2.36 bits per heavy atom. The molecule has 1 amide bonds. The molecule has 7 nitrogen and oxygen atoms in total. The minimum absolute atomic E-state index is 0.171. The van der Waals surface area contributed by atoms with Crippen molar-refractivity contribution < 1.29 is 4.79 Å². The van der Waals surface area contributed by atoms with E-state index in [1.54, 1.807) is 12.4 Å². The Hall–Kier alpha value is -4.31. The predicted octanol–water partition coefficient (Wildman–Crippen LogP) is 7.99. The number of nitrogens with one attached hydrogen (secondary N) is 1. The molecule has 3 aromatic carbocycles. The summed E-state index contributed by atoms with van der Waals surface area (Å²) in [6.07, 6.45) is 4.25. The van der Waals surface area contributed by atoms with Gasteiger partial charge in [0.15, 0.2) is 11.0 Å². The first-order valence-electron chi connectivity index (χ1n) is 14.1. The van der Waals surface area contributed by atoms with Gasteiger partial charge in [0.05, 0.1) is 11.4 Å². The van der Waals surface area contributed by atoms with Crippen molar-refractivity contribution in [3.63, 3.8) is 0 Å². The largest absolute Gasteiger partial charge is 0.351 e. The zero-order valence-electron chi connectivity index (χ0n) is 23.9. The average molecular weight is 637 g/mol. The van der Waals surface area contributed by atoms with E-state index in [-0.39, 0.29) is 11.8 Å². The summed E-state index contributed by atoms with van der Waals surface area (Å²) in [6.45, 7) is 2.57. The Morgan fingerprint density at radius 1 is 0.955 bits per heavy atom. The number of carbonyl (C=O) groups is 1. The van der Waals surface area contributed by atoms with Crippen molar-refractivity contribution in [1.29, 1.82) is 0 Å². The molecule has 0 spiro atoms. The second-order valence-electron chi connectivity index (χ2n) is 10.1. The molecule has 0 bridgehead atoms. The fraction of sp³-hybridized carbons (Fsp3) is 0.147. The fourth-order valence-electron chi connectivity index (χ4n) is 5.02. The van der Waals surface area contributed by atoms with Gasteiger partial charge in [-0.3, -0.25) is 14.3 Å². The normalized spacial score (nSPS) is 11.2. The van der Waals surface area contributed by atoms with Crippen LogP contribution >= 0.6 is 34.7 Å². The Kier molecular flexibility index (Phi) is 9.45. The van der Waals surface area contributed by atoms with Gasteiger partial charge in [-0.25, -0.2) is 4.98 Å². The Bertz CT molecular complexity index is 1800.